The Labute approximate surface area is 162 Å². The Morgan fingerprint density at radius 1 is 1.33 bits per heavy atom. The Bertz CT molecular complexity index is 1070. The van der Waals surface area contributed by atoms with E-state index in [9.17, 15) is 14.4 Å². The molecule has 0 radical (unpaired) electrons. The Morgan fingerprint density at radius 2 is 2.07 bits per heavy atom. The quantitative estimate of drug-likeness (QED) is 0.376. The first-order valence-electron chi connectivity index (χ1n) is 7.92. The number of amides is 3. The molecular weight excluding hydrogens is 384 g/mol. The van der Waals surface area contributed by atoms with Crippen molar-refractivity contribution >= 4 is 45.3 Å². The van der Waals surface area contributed by atoms with Gasteiger partial charge in [0.25, 0.3) is 5.56 Å². The van der Waals surface area contributed by atoms with Crippen LogP contribution >= 0.6 is 23.1 Å². The van der Waals surface area contributed by atoms with Crippen molar-refractivity contribution in [3.63, 3.8) is 0 Å². The maximum atomic E-state index is 12.9. The summed E-state index contributed by atoms with van der Waals surface area (Å²) >= 11 is 2.47. The zero-order chi connectivity index (χ0) is 19.4. The number of nitrogens with two attached hydrogens (primary N) is 1. The minimum absolute atomic E-state index is 0.0883. The number of allylic oxidation sites excluding steroid dienone is 1. The van der Waals surface area contributed by atoms with Crippen LogP contribution in [0.5, 0.6) is 0 Å². The largest absolute Gasteiger partial charge is 0.351 e. The second-order valence-electron chi connectivity index (χ2n) is 5.50. The lowest BCUT2D eigenvalue weighted by atomic mass is 10.2. The summed E-state index contributed by atoms with van der Waals surface area (Å²) in [6.07, 6.45) is 1.59. The number of imide groups is 1. The Balaban J connectivity index is 2.01. The molecule has 0 bridgehead atoms. The van der Waals surface area contributed by atoms with Crippen molar-refractivity contribution in [1.29, 1.82) is 0 Å². The highest BCUT2D eigenvalue weighted by atomic mass is 32.2. The van der Waals surface area contributed by atoms with Crippen molar-refractivity contribution < 1.29 is 9.59 Å². The molecule has 0 unspecified atom stereocenters. The van der Waals surface area contributed by atoms with Gasteiger partial charge in [-0.15, -0.1) is 17.9 Å². The van der Waals surface area contributed by atoms with Gasteiger partial charge in [0.1, 0.15) is 4.83 Å². The van der Waals surface area contributed by atoms with Gasteiger partial charge in [-0.2, -0.15) is 0 Å². The number of benzene rings is 1. The molecule has 3 rings (SSSR count). The van der Waals surface area contributed by atoms with Crippen molar-refractivity contribution in [2.45, 2.75) is 11.7 Å². The van der Waals surface area contributed by atoms with E-state index in [1.54, 1.807) is 6.08 Å². The molecule has 2 aromatic heterocycles. The first kappa shape index (κ1) is 18.9. The van der Waals surface area contributed by atoms with Crippen LogP contribution in [0.15, 0.2) is 59.0 Å². The molecular formula is C18H16N4O3S2. The molecule has 27 heavy (non-hydrogen) atoms. The van der Waals surface area contributed by atoms with Crippen molar-refractivity contribution in [2.75, 3.05) is 5.75 Å². The summed E-state index contributed by atoms with van der Waals surface area (Å²) in [5, 5.41) is 2.89. The maximum absolute atomic E-state index is 12.9. The van der Waals surface area contributed by atoms with Gasteiger partial charge in [-0.3, -0.25) is 19.5 Å². The number of rotatable bonds is 6. The Kier molecular flexibility index (Phi) is 5.72. The van der Waals surface area contributed by atoms with E-state index in [2.05, 4.69) is 11.6 Å². The second-order valence-corrected chi connectivity index (χ2v) is 7.47. The molecule has 7 nitrogen and oxygen atoms in total. The SMILES string of the molecule is C=CCn1c(SCC(=O)NC(N)=O)nc2sc(-c3ccccc3)cc2c1=O. The average molecular weight is 400 g/mol. The summed E-state index contributed by atoms with van der Waals surface area (Å²) in [7, 11) is 0. The number of hydrogen-bond donors (Lipinski definition) is 2. The van der Waals surface area contributed by atoms with E-state index >= 15 is 0 Å². The third kappa shape index (κ3) is 4.26. The van der Waals surface area contributed by atoms with Crippen LogP contribution in [0.3, 0.4) is 0 Å². The van der Waals surface area contributed by atoms with Gasteiger partial charge in [0.05, 0.1) is 11.1 Å². The third-order valence-electron chi connectivity index (χ3n) is 3.58. The molecule has 3 aromatic rings. The number of thiophene rings is 1. The van der Waals surface area contributed by atoms with Crippen molar-refractivity contribution in [3.05, 3.63) is 59.4 Å². The zero-order valence-corrected chi connectivity index (χ0v) is 15.8. The van der Waals surface area contributed by atoms with Gasteiger partial charge in [0, 0.05) is 11.4 Å². The van der Waals surface area contributed by atoms with E-state index in [0.717, 1.165) is 22.2 Å². The number of nitrogens with one attached hydrogen (secondary N) is 1. The van der Waals surface area contributed by atoms with E-state index in [0.29, 0.717) is 15.4 Å². The Morgan fingerprint density at radius 3 is 2.74 bits per heavy atom. The second kappa shape index (κ2) is 8.19. The Hall–Kier alpha value is -2.91. The smallest absolute Gasteiger partial charge is 0.318 e. The van der Waals surface area contributed by atoms with Crippen LogP contribution in [0, 0.1) is 0 Å². The van der Waals surface area contributed by atoms with E-state index in [-0.39, 0.29) is 17.9 Å². The number of nitrogens with zero attached hydrogens (tertiary/aromatic N) is 2. The number of hydrogen-bond acceptors (Lipinski definition) is 6. The fourth-order valence-electron chi connectivity index (χ4n) is 2.45. The van der Waals surface area contributed by atoms with E-state index in [1.165, 1.54) is 15.9 Å². The predicted octanol–water partition coefficient (Wildman–Crippen LogP) is 2.60. The van der Waals surface area contributed by atoms with Crippen LogP contribution in [0.1, 0.15) is 0 Å². The average Bonchev–Trinajstić information content (AvgIpc) is 3.07. The summed E-state index contributed by atoms with van der Waals surface area (Å²) in [5.74, 6) is -0.641. The molecule has 2 heterocycles. The van der Waals surface area contributed by atoms with Gasteiger partial charge in [-0.25, -0.2) is 9.78 Å². The minimum Gasteiger partial charge on any atom is -0.351 e. The molecule has 0 aliphatic heterocycles. The van der Waals surface area contributed by atoms with Crippen LogP contribution in [0.2, 0.25) is 0 Å². The summed E-state index contributed by atoms with van der Waals surface area (Å²) in [6, 6.07) is 10.6. The summed E-state index contributed by atoms with van der Waals surface area (Å²) < 4.78 is 1.46. The number of aromatic nitrogens is 2. The molecule has 1 aromatic carbocycles. The van der Waals surface area contributed by atoms with E-state index in [4.69, 9.17) is 5.73 Å². The molecule has 0 fully saturated rings. The number of carbonyl (C=O) groups is 2. The summed E-state index contributed by atoms with van der Waals surface area (Å²) in [4.78, 5) is 41.4. The van der Waals surface area contributed by atoms with Gasteiger partial charge in [0.2, 0.25) is 5.91 Å². The van der Waals surface area contributed by atoms with Gasteiger partial charge in [-0.1, -0.05) is 48.2 Å². The summed E-state index contributed by atoms with van der Waals surface area (Å²) in [5.41, 5.74) is 5.74. The van der Waals surface area contributed by atoms with Gasteiger partial charge < -0.3 is 5.73 Å². The number of urea groups is 1. The normalized spacial score (nSPS) is 10.7. The molecule has 0 spiro atoms. The van der Waals surface area contributed by atoms with Gasteiger partial charge in [0.15, 0.2) is 5.16 Å². The standard InChI is InChI=1S/C18H16N4O3S2/c1-2-8-22-16(24)12-9-13(11-6-4-3-5-7-11)27-15(12)21-18(22)26-10-14(23)20-17(19)25/h2-7,9H,1,8,10H2,(H3,19,20,23,25). The van der Waals surface area contributed by atoms with Crippen LogP contribution in [0.4, 0.5) is 4.79 Å². The van der Waals surface area contributed by atoms with Crippen LogP contribution in [-0.4, -0.2) is 27.2 Å². The molecule has 0 aliphatic carbocycles. The zero-order valence-electron chi connectivity index (χ0n) is 14.2. The number of thioether (sulfide) groups is 1. The van der Waals surface area contributed by atoms with Crippen molar-refractivity contribution in [3.8, 4) is 10.4 Å². The summed E-state index contributed by atoms with van der Waals surface area (Å²) in [6.45, 7) is 3.93. The topological polar surface area (TPSA) is 107 Å². The lowest BCUT2D eigenvalue weighted by Gasteiger charge is -2.09. The number of carbonyl (C=O) groups excluding carboxylic acids is 2. The molecule has 0 saturated heterocycles. The number of fused-ring (bicyclic) bond motifs is 1. The highest BCUT2D eigenvalue weighted by Crippen LogP contribution is 2.32. The molecule has 3 N–H and O–H groups in total. The van der Waals surface area contributed by atoms with E-state index < -0.39 is 11.9 Å². The van der Waals surface area contributed by atoms with Crippen molar-refractivity contribution in [2.24, 2.45) is 5.73 Å². The van der Waals surface area contributed by atoms with E-state index in [1.807, 2.05) is 41.7 Å². The first-order valence-corrected chi connectivity index (χ1v) is 9.72. The minimum atomic E-state index is -0.918. The lowest BCUT2D eigenvalue weighted by Crippen LogP contribution is -2.36. The van der Waals surface area contributed by atoms with Crippen molar-refractivity contribution in [1.82, 2.24) is 14.9 Å². The molecule has 3 amide bonds. The molecule has 138 valence electrons. The molecule has 9 heteroatoms. The van der Waals surface area contributed by atoms with Crippen LogP contribution < -0.4 is 16.6 Å². The first-order chi connectivity index (χ1) is 13.0. The van der Waals surface area contributed by atoms with Gasteiger partial charge in [-0.05, 0) is 11.6 Å². The highest BCUT2D eigenvalue weighted by molar-refractivity contribution is 7.99. The molecule has 0 saturated carbocycles. The lowest BCUT2D eigenvalue weighted by molar-refractivity contribution is -0.117. The van der Waals surface area contributed by atoms with Gasteiger partial charge >= 0.3 is 6.03 Å². The maximum Gasteiger partial charge on any atom is 0.318 e. The number of primary amides is 1. The van der Waals surface area contributed by atoms with Crippen LogP contribution in [-0.2, 0) is 11.3 Å². The third-order valence-corrected chi connectivity index (χ3v) is 5.64. The molecule has 0 aliphatic rings. The predicted molar refractivity (Wildman–Crippen MR) is 108 cm³/mol. The van der Waals surface area contributed by atoms with Crippen LogP contribution in [0.25, 0.3) is 20.7 Å². The monoisotopic (exact) mass is 400 g/mol. The highest BCUT2D eigenvalue weighted by Gasteiger charge is 2.16. The molecule has 0 atom stereocenters. The fourth-order valence-corrected chi connectivity index (χ4v) is 4.33. The fraction of sp³-hybridized carbons (Fsp3) is 0.111.